The van der Waals surface area contributed by atoms with E-state index in [1.165, 1.54) is 24.4 Å². The van der Waals surface area contributed by atoms with E-state index in [-0.39, 0.29) is 5.56 Å². The number of rotatable bonds is 2. The smallest absolute Gasteiger partial charge is 0.147 e. The van der Waals surface area contributed by atoms with Gasteiger partial charge in [0.2, 0.25) is 0 Å². The largest absolute Gasteiger partial charge is 0.384 e. The zero-order valence-corrected chi connectivity index (χ0v) is 10.1. The van der Waals surface area contributed by atoms with Gasteiger partial charge in [-0.3, -0.25) is 4.98 Å². The fraction of sp³-hybridized carbons (Fsp3) is 0.0833. The Kier molecular flexibility index (Phi) is 3.62. The summed E-state index contributed by atoms with van der Waals surface area (Å²) in [6, 6.07) is 6.03. The normalized spacial score (nSPS) is 12.5. The molecule has 1 unspecified atom stereocenters. The minimum absolute atomic E-state index is 0.137. The van der Waals surface area contributed by atoms with Crippen LogP contribution in [0.2, 0.25) is 10.0 Å². The second-order valence-corrected chi connectivity index (χ2v) is 4.38. The fourth-order valence-electron chi connectivity index (χ4n) is 1.52. The average molecular weight is 272 g/mol. The van der Waals surface area contributed by atoms with E-state index >= 15 is 0 Å². The molecule has 0 fully saturated rings. The summed E-state index contributed by atoms with van der Waals surface area (Å²) in [6.45, 7) is 0. The molecule has 88 valence electrons. The molecule has 0 aliphatic carbocycles. The number of nitrogens with zero attached hydrogens (tertiary/aromatic N) is 1. The fourth-order valence-corrected chi connectivity index (χ4v) is 2.06. The highest BCUT2D eigenvalue weighted by Crippen LogP contribution is 2.28. The van der Waals surface area contributed by atoms with Gasteiger partial charge in [0.1, 0.15) is 11.9 Å². The quantitative estimate of drug-likeness (QED) is 0.905. The van der Waals surface area contributed by atoms with Gasteiger partial charge in [0.05, 0.1) is 6.20 Å². The van der Waals surface area contributed by atoms with E-state index in [1.54, 1.807) is 6.07 Å². The van der Waals surface area contributed by atoms with Crippen LogP contribution >= 0.6 is 23.2 Å². The van der Waals surface area contributed by atoms with Gasteiger partial charge in [-0.25, -0.2) is 4.39 Å². The molecular formula is C12H8Cl2FNO. The van der Waals surface area contributed by atoms with Crippen molar-refractivity contribution in [3.63, 3.8) is 0 Å². The summed E-state index contributed by atoms with van der Waals surface area (Å²) < 4.78 is 13.4. The van der Waals surface area contributed by atoms with Gasteiger partial charge in [0, 0.05) is 21.8 Å². The number of aliphatic hydroxyl groups excluding tert-OH is 1. The SMILES string of the molecule is OC(c1cc(Cl)cc(Cl)c1)c1ccncc1F. The lowest BCUT2D eigenvalue weighted by molar-refractivity contribution is 0.214. The van der Waals surface area contributed by atoms with Crippen molar-refractivity contribution in [3.8, 4) is 0 Å². The van der Waals surface area contributed by atoms with E-state index in [0.717, 1.165) is 6.20 Å². The number of benzene rings is 1. The highest BCUT2D eigenvalue weighted by Gasteiger charge is 2.15. The number of hydrogen-bond donors (Lipinski definition) is 1. The summed E-state index contributed by atoms with van der Waals surface area (Å²) in [7, 11) is 0. The van der Waals surface area contributed by atoms with E-state index in [4.69, 9.17) is 23.2 Å². The topological polar surface area (TPSA) is 33.1 Å². The number of aliphatic hydroxyl groups is 1. The first-order chi connectivity index (χ1) is 8.08. The molecule has 0 aliphatic heterocycles. The maximum absolute atomic E-state index is 13.4. The molecule has 0 radical (unpaired) electrons. The maximum atomic E-state index is 13.4. The van der Waals surface area contributed by atoms with Crippen molar-refractivity contribution < 1.29 is 9.50 Å². The van der Waals surface area contributed by atoms with Crippen LogP contribution in [0.1, 0.15) is 17.2 Å². The molecule has 0 amide bonds. The van der Waals surface area contributed by atoms with E-state index in [1.807, 2.05) is 0 Å². The van der Waals surface area contributed by atoms with Gasteiger partial charge in [0.15, 0.2) is 0 Å². The van der Waals surface area contributed by atoms with Crippen LogP contribution in [0.3, 0.4) is 0 Å². The summed E-state index contributed by atoms with van der Waals surface area (Å²) in [5.41, 5.74) is 0.575. The Morgan fingerprint density at radius 1 is 1.18 bits per heavy atom. The van der Waals surface area contributed by atoms with E-state index in [2.05, 4.69) is 4.98 Å². The molecule has 1 atom stereocenters. The van der Waals surface area contributed by atoms with Gasteiger partial charge in [-0.15, -0.1) is 0 Å². The Balaban J connectivity index is 2.43. The third-order valence-electron chi connectivity index (χ3n) is 2.30. The molecule has 2 nitrogen and oxygen atoms in total. The van der Waals surface area contributed by atoms with Crippen LogP contribution in [0.4, 0.5) is 4.39 Å². The zero-order chi connectivity index (χ0) is 12.4. The van der Waals surface area contributed by atoms with Gasteiger partial charge in [-0.2, -0.15) is 0 Å². The molecule has 1 heterocycles. The van der Waals surface area contributed by atoms with Crippen LogP contribution in [-0.4, -0.2) is 10.1 Å². The second-order valence-electron chi connectivity index (χ2n) is 3.50. The van der Waals surface area contributed by atoms with Gasteiger partial charge in [-0.1, -0.05) is 23.2 Å². The van der Waals surface area contributed by atoms with Crippen molar-refractivity contribution in [1.29, 1.82) is 0 Å². The molecule has 17 heavy (non-hydrogen) atoms. The summed E-state index contributed by atoms with van der Waals surface area (Å²) in [5, 5.41) is 10.8. The molecule has 2 rings (SSSR count). The maximum Gasteiger partial charge on any atom is 0.147 e. The second kappa shape index (κ2) is 5.00. The van der Waals surface area contributed by atoms with E-state index < -0.39 is 11.9 Å². The van der Waals surface area contributed by atoms with Crippen molar-refractivity contribution in [2.24, 2.45) is 0 Å². The Bertz CT molecular complexity index is 528. The molecule has 1 N–H and O–H groups in total. The third kappa shape index (κ3) is 2.75. The van der Waals surface area contributed by atoms with Crippen molar-refractivity contribution in [3.05, 3.63) is 63.6 Å². The molecule has 1 aromatic heterocycles. The first kappa shape index (κ1) is 12.3. The van der Waals surface area contributed by atoms with Gasteiger partial charge < -0.3 is 5.11 Å². The van der Waals surface area contributed by atoms with Crippen LogP contribution in [-0.2, 0) is 0 Å². The first-order valence-corrected chi connectivity index (χ1v) is 5.57. The number of halogens is 3. The van der Waals surface area contributed by atoms with Crippen LogP contribution in [0.15, 0.2) is 36.7 Å². The van der Waals surface area contributed by atoms with Crippen molar-refractivity contribution in [2.45, 2.75) is 6.10 Å². The monoisotopic (exact) mass is 271 g/mol. The van der Waals surface area contributed by atoms with Crippen LogP contribution in [0.5, 0.6) is 0 Å². The summed E-state index contributed by atoms with van der Waals surface area (Å²) in [4.78, 5) is 3.62. The van der Waals surface area contributed by atoms with Crippen molar-refractivity contribution in [2.75, 3.05) is 0 Å². The van der Waals surface area contributed by atoms with Gasteiger partial charge >= 0.3 is 0 Å². The predicted molar refractivity (Wildman–Crippen MR) is 64.7 cm³/mol. The van der Waals surface area contributed by atoms with Gasteiger partial charge in [0.25, 0.3) is 0 Å². The summed E-state index contributed by atoms with van der Waals surface area (Å²) in [6.07, 6.45) is 1.34. The lowest BCUT2D eigenvalue weighted by Crippen LogP contribution is -2.03. The van der Waals surface area contributed by atoms with Gasteiger partial charge in [-0.05, 0) is 29.8 Å². The Morgan fingerprint density at radius 3 is 2.41 bits per heavy atom. The lowest BCUT2D eigenvalue weighted by Gasteiger charge is -2.12. The predicted octanol–water partition coefficient (Wildman–Crippen LogP) is 3.61. The van der Waals surface area contributed by atoms with Crippen LogP contribution in [0, 0.1) is 5.82 Å². The molecule has 1 aromatic carbocycles. The summed E-state index contributed by atoms with van der Waals surface area (Å²) >= 11 is 11.6. The Labute approximate surface area is 108 Å². The molecule has 0 bridgehead atoms. The number of aromatic nitrogens is 1. The number of hydrogen-bond acceptors (Lipinski definition) is 2. The number of pyridine rings is 1. The molecule has 0 spiro atoms. The van der Waals surface area contributed by atoms with E-state index in [9.17, 15) is 9.50 Å². The third-order valence-corrected chi connectivity index (χ3v) is 2.74. The first-order valence-electron chi connectivity index (χ1n) is 4.81. The zero-order valence-electron chi connectivity index (χ0n) is 8.57. The van der Waals surface area contributed by atoms with Crippen LogP contribution in [0.25, 0.3) is 0 Å². The average Bonchev–Trinajstić information content (AvgIpc) is 2.27. The summed E-state index contributed by atoms with van der Waals surface area (Å²) in [5.74, 6) is -0.573. The highest BCUT2D eigenvalue weighted by atomic mass is 35.5. The standard InChI is InChI=1S/C12H8Cl2FNO/c13-8-3-7(4-9(14)5-8)12(17)10-1-2-16-6-11(10)15/h1-6,12,17H. The molecule has 0 saturated heterocycles. The molecule has 0 saturated carbocycles. The molecular weight excluding hydrogens is 264 g/mol. The minimum Gasteiger partial charge on any atom is -0.384 e. The Morgan fingerprint density at radius 2 is 1.82 bits per heavy atom. The Hall–Kier alpha value is -1.16. The molecule has 5 heteroatoms. The molecule has 2 aromatic rings. The highest BCUT2D eigenvalue weighted by molar-refractivity contribution is 6.34. The van der Waals surface area contributed by atoms with E-state index in [0.29, 0.717) is 15.6 Å². The van der Waals surface area contributed by atoms with Crippen molar-refractivity contribution >= 4 is 23.2 Å². The van der Waals surface area contributed by atoms with Crippen molar-refractivity contribution in [1.82, 2.24) is 4.98 Å². The molecule has 0 aliphatic rings. The lowest BCUT2D eigenvalue weighted by atomic mass is 10.0. The van der Waals surface area contributed by atoms with Crippen LogP contribution < -0.4 is 0 Å². The minimum atomic E-state index is -1.12.